The number of nitrogens with one attached hydrogen (secondary N) is 2. The molecule has 1 aliphatic heterocycles. The number of methoxy groups -OCH3 is 1. The van der Waals surface area contributed by atoms with Gasteiger partial charge >= 0.3 is 6.03 Å². The molecule has 31 heavy (non-hydrogen) atoms. The van der Waals surface area contributed by atoms with Gasteiger partial charge in [-0.15, -0.1) is 0 Å². The predicted molar refractivity (Wildman–Crippen MR) is 124 cm³/mol. The second-order valence-corrected chi connectivity index (χ2v) is 7.25. The third kappa shape index (κ3) is 6.64. The number of urea groups is 1. The molecule has 4 N–H and O–H groups in total. The number of nitrogen functional groups attached to an aromatic ring is 1. The summed E-state index contributed by atoms with van der Waals surface area (Å²) in [6.07, 6.45) is 1.85. The van der Waals surface area contributed by atoms with Crippen LogP contribution in [-0.2, 0) is 11.3 Å². The number of nitrogens with zero attached hydrogens (tertiary/aromatic N) is 1. The maximum Gasteiger partial charge on any atom is 0.315 e. The first-order valence-electron chi connectivity index (χ1n) is 10.8. The van der Waals surface area contributed by atoms with Crippen molar-refractivity contribution in [1.82, 2.24) is 15.5 Å². The molecular formula is C24H34N4O3. The van der Waals surface area contributed by atoms with Crippen LogP contribution < -0.4 is 21.1 Å². The van der Waals surface area contributed by atoms with E-state index in [-0.39, 0.29) is 24.5 Å². The van der Waals surface area contributed by atoms with Crippen LogP contribution in [0, 0.1) is 6.92 Å². The fourth-order valence-corrected chi connectivity index (χ4v) is 3.63. The summed E-state index contributed by atoms with van der Waals surface area (Å²) in [5, 5.41) is 5.41. The van der Waals surface area contributed by atoms with Crippen LogP contribution in [0.4, 0.5) is 10.5 Å². The molecule has 1 saturated heterocycles. The number of nitrogens with two attached hydrogens (primary N) is 1. The number of carbonyl (C=O) groups is 2. The predicted octanol–water partition coefficient (Wildman–Crippen LogP) is 3.77. The Balaban J connectivity index is 0.00000166. The van der Waals surface area contributed by atoms with Gasteiger partial charge < -0.3 is 26.0 Å². The van der Waals surface area contributed by atoms with E-state index >= 15 is 0 Å². The van der Waals surface area contributed by atoms with Crippen LogP contribution in [0.2, 0.25) is 0 Å². The molecule has 0 aliphatic carbocycles. The first kappa shape index (κ1) is 24.1. The summed E-state index contributed by atoms with van der Waals surface area (Å²) in [6.45, 7) is 7.07. The van der Waals surface area contributed by atoms with Gasteiger partial charge in [0.15, 0.2) is 0 Å². The van der Waals surface area contributed by atoms with Crippen LogP contribution in [-0.4, -0.2) is 37.0 Å². The zero-order valence-corrected chi connectivity index (χ0v) is 18.9. The van der Waals surface area contributed by atoms with E-state index in [9.17, 15) is 9.59 Å². The Morgan fingerprint density at radius 2 is 1.84 bits per heavy atom. The number of rotatable bonds is 6. The molecule has 0 aromatic heterocycles. The minimum absolute atomic E-state index is 0.0113. The summed E-state index contributed by atoms with van der Waals surface area (Å²) in [4.78, 5) is 26.7. The number of ether oxygens (including phenoxy) is 1. The van der Waals surface area contributed by atoms with Crippen molar-refractivity contribution in [3.63, 3.8) is 0 Å². The van der Waals surface area contributed by atoms with E-state index in [0.29, 0.717) is 18.8 Å². The largest absolute Gasteiger partial charge is 0.497 e. The number of hydrogen-bond acceptors (Lipinski definition) is 4. The highest BCUT2D eigenvalue weighted by molar-refractivity contribution is 5.84. The van der Waals surface area contributed by atoms with Gasteiger partial charge in [-0.25, -0.2) is 4.79 Å². The summed E-state index contributed by atoms with van der Waals surface area (Å²) in [6, 6.07) is 12.8. The van der Waals surface area contributed by atoms with Crippen LogP contribution in [0.1, 0.15) is 49.4 Å². The molecule has 168 valence electrons. The molecule has 0 radical (unpaired) electrons. The van der Waals surface area contributed by atoms with Crippen molar-refractivity contribution in [3.05, 3.63) is 59.2 Å². The van der Waals surface area contributed by atoms with Gasteiger partial charge in [0.05, 0.1) is 19.7 Å². The minimum atomic E-state index is -0.372. The molecule has 1 atom stereocenters. The number of hydrogen-bond donors (Lipinski definition) is 3. The van der Waals surface area contributed by atoms with Crippen LogP contribution in [0.15, 0.2) is 42.5 Å². The zero-order valence-electron chi connectivity index (χ0n) is 18.9. The molecule has 3 rings (SSSR count). The Morgan fingerprint density at radius 1 is 1.13 bits per heavy atom. The van der Waals surface area contributed by atoms with Gasteiger partial charge in [0.25, 0.3) is 0 Å². The molecule has 2 aromatic rings. The van der Waals surface area contributed by atoms with E-state index < -0.39 is 0 Å². The van der Waals surface area contributed by atoms with Crippen LogP contribution in [0.5, 0.6) is 5.75 Å². The van der Waals surface area contributed by atoms with Gasteiger partial charge in [0.2, 0.25) is 5.91 Å². The van der Waals surface area contributed by atoms with Gasteiger partial charge in [0.1, 0.15) is 5.75 Å². The second-order valence-electron chi connectivity index (χ2n) is 7.25. The SMILES string of the molecule is CC.COc1ccc(C)c(C2CCCN2C(=O)CNC(=O)NCc2ccc(N)cc2)c1. The van der Waals surface area contributed by atoms with Crippen molar-refractivity contribution in [3.8, 4) is 5.75 Å². The van der Waals surface area contributed by atoms with E-state index in [1.165, 1.54) is 0 Å². The first-order chi connectivity index (χ1) is 15.0. The van der Waals surface area contributed by atoms with Crippen molar-refractivity contribution in [1.29, 1.82) is 0 Å². The molecule has 0 bridgehead atoms. The molecule has 3 amide bonds. The van der Waals surface area contributed by atoms with E-state index in [0.717, 1.165) is 35.3 Å². The van der Waals surface area contributed by atoms with Crippen molar-refractivity contribution < 1.29 is 14.3 Å². The van der Waals surface area contributed by atoms with Gasteiger partial charge in [-0.05, 0) is 60.7 Å². The van der Waals surface area contributed by atoms with Gasteiger partial charge in [-0.1, -0.05) is 32.0 Å². The monoisotopic (exact) mass is 426 g/mol. The summed E-state index contributed by atoms with van der Waals surface area (Å²) in [5.41, 5.74) is 9.50. The van der Waals surface area contributed by atoms with Crippen LogP contribution in [0.25, 0.3) is 0 Å². The average molecular weight is 427 g/mol. The van der Waals surface area contributed by atoms with Gasteiger partial charge in [-0.2, -0.15) is 0 Å². The third-order valence-electron chi connectivity index (χ3n) is 5.25. The number of anilines is 1. The van der Waals surface area contributed by atoms with Gasteiger partial charge in [-0.3, -0.25) is 4.79 Å². The lowest BCUT2D eigenvalue weighted by atomic mass is 9.99. The number of likely N-dealkylation sites (tertiary alicyclic amines) is 1. The molecule has 2 aromatic carbocycles. The molecule has 1 aliphatic rings. The summed E-state index contributed by atoms with van der Waals surface area (Å²) < 4.78 is 5.34. The maximum absolute atomic E-state index is 12.7. The maximum atomic E-state index is 12.7. The number of carbonyl (C=O) groups excluding carboxylic acids is 2. The fraction of sp³-hybridized carbons (Fsp3) is 0.417. The smallest absolute Gasteiger partial charge is 0.315 e. The second kappa shape index (κ2) is 11.8. The number of amides is 3. The molecule has 7 heteroatoms. The van der Waals surface area contributed by atoms with Crippen molar-refractivity contribution in [2.45, 2.75) is 46.2 Å². The molecule has 1 heterocycles. The summed E-state index contributed by atoms with van der Waals surface area (Å²) in [5.74, 6) is 0.697. The molecule has 0 saturated carbocycles. The Hall–Kier alpha value is -3.22. The fourth-order valence-electron chi connectivity index (χ4n) is 3.63. The van der Waals surface area contributed by atoms with Crippen LogP contribution in [0.3, 0.4) is 0 Å². The summed E-state index contributed by atoms with van der Waals surface area (Å²) in [7, 11) is 1.64. The van der Waals surface area contributed by atoms with E-state index in [1.807, 2.05) is 56.0 Å². The van der Waals surface area contributed by atoms with Crippen molar-refractivity contribution in [2.24, 2.45) is 0 Å². The van der Waals surface area contributed by atoms with E-state index in [2.05, 4.69) is 10.6 Å². The third-order valence-corrected chi connectivity index (χ3v) is 5.25. The lowest BCUT2D eigenvalue weighted by Gasteiger charge is -2.27. The normalized spacial score (nSPS) is 15.0. The quantitative estimate of drug-likeness (QED) is 0.613. The Morgan fingerprint density at radius 3 is 2.52 bits per heavy atom. The molecule has 1 unspecified atom stereocenters. The highest BCUT2D eigenvalue weighted by atomic mass is 16.5. The Bertz CT molecular complexity index is 868. The first-order valence-corrected chi connectivity index (χ1v) is 10.8. The average Bonchev–Trinajstić information content (AvgIpc) is 3.28. The topological polar surface area (TPSA) is 96.7 Å². The molecule has 0 spiro atoms. The lowest BCUT2D eigenvalue weighted by molar-refractivity contribution is -0.131. The highest BCUT2D eigenvalue weighted by Crippen LogP contribution is 2.35. The van der Waals surface area contributed by atoms with Crippen molar-refractivity contribution >= 4 is 17.6 Å². The highest BCUT2D eigenvalue weighted by Gasteiger charge is 2.31. The minimum Gasteiger partial charge on any atom is -0.497 e. The Labute approximate surface area is 185 Å². The standard InChI is InChI=1S/C22H28N4O3.C2H6/c1-15-5-10-18(29-2)12-19(15)20-4-3-11-26(20)21(27)14-25-22(28)24-13-16-6-8-17(23)9-7-16;1-2/h5-10,12,20H,3-4,11,13-14,23H2,1-2H3,(H2,24,25,28);1-2H3. The van der Waals surface area contributed by atoms with Gasteiger partial charge in [0, 0.05) is 18.8 Å². The van der Waals surface area contributed by atoms with E-state index in [4.69, 9.17) is 10.5 Å². The number of aryl methyl sites for hydroxylation is 1. The number of benzene rings is 2. The molecule has 7 nitrogen and oxygen atoms in total. The van der Waals surface area contributed by atoms with E-state index in [1.54, 1.807) is 19.2 Å². The summed E-state index contributed by atoms with van der Waals surface area (Å²) >= 11 is 0. The molecule has 1 fully saturated rings. The van der Waals surface area contributed by atoms with Crippen molar-refractivity contribution in [2.75, 3.05) is 25.9 Å². The lowest BCUT2D eigenvalue weighted by Crippen LogP contribution is -2.43. The molecular weight excluding hydrogens is 392 g/mol. The van der Waals surface area contributed by atoms with Crippen LogP contribution >= 0.6 is 0 Å². The zero-order chi connectivity index (χ0) is 22.8. The Kier molecular flexibility index (Phi) is 9.18.